The standard InChI is InChI=1S/C31H42N4O7/c1-20(2)17-24-31(39)35(3)15-16-42-25-11-7-6-10-22(25)29(37)34-23(19-28(36)33-24)30(38)32-14-8-9-21-12-13-26(40-4)27(18-21)41-5/h6-7,10-13,18,20,23-24H,8-9,14-17,19H2,1-5H3,(H,32,38)(H,33,36)(H,34,37)/t23-,24+/m0/s1. The number of ether oxygens (including phenoxy) is 3. The van der Waals surface area contributed by atoms with E-state index in [-0.39, 0.29) is 37.0 Å². The van der Waals surface area contributed by atoms with Gasteiger partial charge in [0.05, 0.1) is 32.7 Å². The fourth-order valence-electron chi connectivity index (χ4n) is 4.69. The van der Waals surface area contributed by atoms with E-state index in [2.05, 4.69) is 16.0 Å². The van der Waals surface area contributed by atoms with Gasteiger partial charge >= 0.3 is 0 Å². The second-order valence-electron chi connectivity index (χ2n) is 10.7. The average molecular weight is 583 g/mol. The van der Waals surface area contributed by atoms with Gasteiger partial charge in [0.1, 0.15) is 24.4 Å². The van der Waals surface area contributed by atoms with Crippen molar-refractivity contribution < 1.29 is 33.4 Å². The number of benzene rings is 2. The first kappa shape index (κ1) is 32.2. The zero-order valence-electron chi connectivity index (χ0n) is 25.0. The maximum Gasteiger partial charge on any atom is 0.255 e. The van der Waals surface area contributed by atoms with Crippen LogP contribution in [0, 0.1) is 5.92 Å². The molecule has 1 aliphatic rings. The molecule has 0 saturated carbocycles. The third-order valence-corrected chi connectivity index (χ3v) is 6.93. The number of fused-ring (bicyclic) bond motifs is 1. The SMILES string of the molecule is COc1ccc(CCCNC(=O)[C@@H]2CC(=O)N[C@H](CC(C)C)C(=O)N(C)CCOc3ccccc3C(=O)N2)cc1OC. The first-order chi connectivity index (χ1) is 20.1. The highest BCUT2D eigenvalue weighted by Crippen LogP contribution is 2.28. The van der Waals surface area contributed by atoms with Crippen LogP contribution in [0.25, 0.3) is 0 Å². The van der Waals surface area contributed by atoms with E-state index in [0.717, 1.165) is 5.56 Å². The molecule has 3 rings (SSSR count). The third-order valence-electron chi connectivity index (χ3n) is 6.93. The highest BCUT2D eigenvalue weighted by Gasteiger charge is 2.30. The first-order valence-corrected chi connectivity index (χ1v) is 14.2. The molecule has 42 heavy (non-hydrogen) atoms. The Morgan fingerprint density at radius 1 is 1.07 bits per heavy atom. The normalized spacial score (nSPS) is 18.2. The van der Waals surface area contributed by atoms with Crippen molar-refractivity contribution in [2.45, 2.75) is 51.6 Å². The van der Waals surface area contributed by atoms with Crippen molar-refractivity contribution in [3.05, 3.63) is 53.6 Å². The average Bonchev–Trinajstić information content (AvgIpc) is 2.97. The summed E-state index contributed by atoms with van der Waals surface area (Å²) in [6.07, 6.45) is 1.37. The van der Waals surface area contributed by atoms with E-state index in [1.165, 1.54) is 4.90 Å². The van der Waals surface area contributed by atoms with Crippen LogP contribution >= 0.6 is 0 Å². The molecule has 11 heteroatoms. The van der Waals surface area contributed by atoms with E-state index in [1.54, 1.807) is 45.5 Å². The number of methoxy groups -OCH3 is 2. The van der Waals surface area contributed by atoms with E-state index in [0.29, 0.717) is 43.1 Å². The minimum absolute atomic E-state index is 0.138. The predicted molar refractivity (Wildman–Crippen MR) is 158 cm³/mol. The van der Waals surface area contributed by atoms with E-state index >= 15 is 0 Å². The molecule has 1 heterocycles. The van der Waals surface area contributed by atoms with Gasteiger partial charge < -0.3 is 35.1 Å². The van der Waals surface area contributed by atoms with E-state index in [4.69, 9.17) is 14.2 Å². The van der Waals surface area contributed by atoms with Crippen molar-refractivity contribution in [2.75, 3.05) is 41.0 Å². The Morgan fingerprint density at radius 2 is 1.81 bits per heavy atom. The van der Waals surface area contributed by atoms with Crippen LogP contribution in [0.1, 0.15) is 49.0 Å². The van der Waals surface area contributed by atoms with Gasteiger partial charge in [0.2, 0.25) is 17.7 Å². The fourth-order valence-corrected chi connectivity index (χ4v) is 4.69. The molecule has 0 fully saturated rings. The summed E-state index contributed by atoms with van der Waals surface area (Å²) in [6.45, 7) is 4.67. The van der Waals surface area contributed by atoms with Crippen molar-refractivity contribution in [3.8, 4) is 17.2 Å². The second kappa shape index (κ2) is 15.6. The minimum atomic E-state index is -1.16. The maximum absolute atomic E-state index is 13.3. The Balaban J connectivity index is 1.75. The Bertz CT molecular complexity index is 1250. The highest BCUT2D eigenvalue weighted by molar-refractivity contribution is 6.01. The zero-order valence-corrected chi connectivity index (χ0v) is 25.0. The Kier molecular flexibility index (Phi) is 12.0. The highest BCUT2D eigenvalue weighted by atomic mass is 16.5. The lowest BCUT2D eigenvalue weighted by molar-refractivity contribution is -0.136. The number of aryl methyl sites for hydroxylation is 1. The number of hydrogen-bond acceptors (Lipinski definition) is 7. The molecule has 1 aliphatic heterocycles. The van der Waals surface area contributed by atoms with Crippen LogP contribution in [-0.2, 0) is 20.8 Å². The van der Waals surface area contributed by atoms with Crippen LogP contribution in [0.3, 0.4) is 0 Å². The van der Waals surface area contributed by atoms with Gasteiger partial charge in [-0.15, -0.1) is 0 Å². The van der Waals surface area contributed by atoms with Gasteiger partial charge in [-0.05, 0) is 55.0 Å². The summed E-state index contributed by atoms with van der Waals surface area (Å²) in [4.78, 5) is 54.3. The number of nitrogens with zero attached hydrogens (tertiary/aromatic N) is 1. The van der Waals surface area contributed by atoms with Crippen LogP contribution in [-0.4, -0.2) is 81.6 Å². The van der Waals surface area contributed by atoms with Gasteiger partial charge in [-0.25, -0.2) is 0 Å². The number of carbonyl (C=O) groups excluding carboxylic acids is 4. The molecule has 228 valence electrons. The maximum atomic E-state index is 13.3. The number of amides is 4. The van der Waals surface area contributed by atoms with Crippen molar-refractivity contribution >= 4 is 23.6 Å². The van der Waals surface area contributed by atoms with Crippen molar-refractivity contribution in [2.24, 2.45) is 5.92 Å². The summed E-state index contributed by atoms with van der Waals surface area (Å²) in [5, 5.41) is 8.32. The van der Waals surface area contributed by atoms with Crippen LogP contribution in [0.2, 0.25) is 0 Å². The molecule has 3 N–H and O–H groups in total. The monoisotopic (exact) mass is 582 g/mol. The molecule has 2 aromatic rings. The minimum Gasteiger partial charge on any atom is -0.493 e. The quantitative estimate of drug-likeness (QED) is 0.386. The molecule has 0 aromatic heterocycles. The van der Waals surface area contributed by atoms with Crippen molar-refractivity contribution in [3.63, 3.8) is 0 Å². The number of hydrogen-bond donors (Lipinski definition) is 3. The largest absolute Gasteiger partial charge is 0.493 e. The number of para-hydroxylation sites is 1. The molecular formula is C31H42N4O7. The molecule has 11 nitrogen and oxygen atoms in total. The molecule has 2 atom stereocenters. The van der Waals surface area contributed by atoms with Crippen LogP contribution in [0.4, 0.5) is 0 Å². The molecule has 0 bridgehead atoms. The Hall–Kier alpha value is -4.28. The number of nitrogens with one attached hydrogen (secondary N) is 3. The topological polar surface area (TPSA) is 135 Å². The summed E-state index contributed by atoms with van der Waals surface area (Å²) in [5.41, 5.74) is 1.24. The number of rotatable bonds is 9. The molecule has 4 amide bonds. The lowest BCUT2D eigenvalue weighted by Gasteiger charge is -2.27. The first-order valence-electron chi connectivity index (χ1n) is 14.2. The van der Waals surface area contributed by atoms with Gasteiger partial charge in [-0.3, -0.25) is 19.2 Å². The molecule has 0 saturated heterocycles. The molecular weight excluding hydrogens is 540 g/mol. The van der Waals surface area contributed by atoms with Crippen molar-refractivity contribution in [1.82, 2.24) is 20.9 Å². The summed E-state index contributed by atoms with van der Waals surface area (Å²) < 4.78 is 16.5. The smallest absolute Gasteiger partial charge is 0.255 e. The van der Waals surface area contributed by atoms with Gasteiger partial charge in [0.15, 0.2) is 11.5 Å². The second-order valence-corrected chi connectivity index (χ2v) is 10.7. The van der Waals surface area contributed by atoms with E-state index in [1.807, 2.05) is 32.0 Å². The van der Waals surface area contributed by atoms with Gasteiger partial charge in [0, 0.05) is 13.6 Å². The summed E-state index contributed by atoms with van der Waals surface area (Å²) in [7, 11) is 4.79. The number of carbonyl (C=O) groups is 4. The van der Waals surface area contributed by atoms with Crippen LogP contribution in [0.5, 0.6) is 17.2 Å². The summed E-state index contributed by atoms with van der Waals surface area (Å²) in [5.74, 6) is -0.0694. The van der Waals surface area contributed by atoms with E-state index in [9.17, 15) is 19.2 Å². The van der Waals surface area contributed by atoms with E-state index < -0.39 is 29.8 Å². The summed E-state index contributed by atoms with van der Waals surface area (Å²) >= 11 is 0. The van der Waals surface area contributed by atoms with Crippen LogP contribution in [0.15, 0.2) is 42.5 Å². The molecule has 0 aliphatic carbocycles. The van der Waals surface area contributed by atoms with Gasteiger partial charge in [-0.1, -0.05) is 32.0 Å². The van der Waals surface area contributed by atoms with Gasteiger partial charge in [0.25, 0.3) is 5.91 Å². The molecule has 2 aromatic carbocycles. The Morgan fingerprint density at radius 3 is 2.52 bits per heavy atom. The lowest BCUT2D eigenvalue weighted by Crippen LogP contribution is -2.53. The number of likely N-dealkylation sites (N-methyl/N-ethyl adjacent to an activating group) is 1. The third kappa shape index (κ3) is 9.12. The zero-order chi connectivity index (χ0) is 30.6. The molecule has 0 radical (unpaired) electrons. The molecule has 0 unspecified atom stereocenters. The van der Waals surface area contributed by atoms with Crippen molar-refractivity contribution in [1.29, 1.82) is 0 Å². The fraction of sp³-hybridized carbons (Fsp3) is 0.484. The van der Waals surface area contributed by atoms with Crippen LogP contribution < -0.4 is 30.2 Å². The van der Waals surface area contributed by atoms with Gasteiger partial charge in [-0.2, -0.15) is 0 Å². The Labute approximate surface area is 247 Å². The predicted octanol–water partition coefficient (Wildman–Crippen LogP) is 2.32. The summed E-state index contributed by atoms with van der Waals surface area (Å²) in [6, 6.07) is 10.4. The molecule has 0 spiro atoms. The lowest BCUT2D eigenvalue weighted by atomic mass is 10.0.